The van der Waals surface area contributed by atoms with Crippen LogP contribution in [0.15, 0.2) is 39.6 Å². The first-order chi connectivity index (χ1) is 9.10. The van der Waals surface area contributed by atoms with Gasteiger partial charge in [0.05, 0.1) is 0 Å². The number of carbonyl (C=O) groups is 1. The summed E-state index contributed by atoms with van der Waals surface area (Å²) in [4.78, 5) is 12.0. The van der Waals surface area contributed by atoms with Crippen molar-refractivity contribution in [3.8, 4) is 5.75 Å². The van der Waals surface area contributed by atoms with Crippen molar-refractivity contribution in [2.45, 2.75) is 18.4 Å². The van der Waals surface area contributed by atoms with Crippen LogP contribution in [-0.4, -0.2) is 17.3 Å². The summed E-state index contributed by atoms with van der Waals surface area (Å²) in [5, 5.41) is 8.89. The maximum absolute atomic E-state index is 10.8. The predicted octanol–water partition coefficient (Wildman–Crippen LogP) is 3.59. The molecule has 100 valence electrons. The van der Waals surface area contributed by atoms with Gasteiger partial charge in [0, 0.05) is 10.5 Å². The highest BCUT2D eigenvalue weighted by Crippen LogP contribution is 2.21. The first-order valence-electron chi connectivity index (χ1n) is 5.69. The fraction of sp³-hybridized carbons (Fsp3) is 0.214. The Labute approximate surface area is 115 Å². The van der Waals surface area contributed by atoms with E-state index in [-0.39, 0.29) is 12.4 Å². The number of aryl methyl sites for hydroxylation is 1. The highest BCUT2D eigenvalue weighted by atomic mass is 32.2. The van der Waals surface area contributed by atoms with E-state index in [0.717, 1.165) is 10.6 Å². The van der Waals surface area contributed by atoms with Crippen molar-refractivity contribution in [1.82, 2.24) is 0 Å². The topological polar surface area (TPSA) is 59.7 Å². The van der Waals surface area contributed by atoms with Gasteiger partial charge in [0.25, 0.3) is 0 Å². The van der Waals surface area contributed by atoms with Gasteiger partial charge in [0.15, 0.2) is 0 Å². The van der Waals surface area contributed by atoms with Gasteiger partial charge in [-0.2, -0.15) is 0 Å². The second kappa shape index (κ2) is 5.84. The first kappa shape index (κ1) is 13.5. The van der Waals surface area contributed by atoms with E-state index in [9.17, 15) is 4.79 Å². The van der Waals surface area contributed by atoms with Crippen LogP contribution in [0, 0.1) is 6.92 Å². The molecular weight excluding hydrogens is 264 g/mol. The van der Waals surface area contributed by atoms with Gasteiger partial charge >= 0.3 is 5.97 Å². The van der Waals surface area contributed by atoms with E-state index >= 15 is 0 Å². The predicted molar refractivity (Wildman–Crippen MR) is 73.0 cm³/mol. The van der Waals surface area contributed by atoms with Crippen molar-refractivity contribution in [2.24, 2.45) is 0 Å². The molecule has 2 rings (SSSR count). The molecule has 0 radical (unpaired) electrons. The fourth-order valence-corrected chi connectivity index (χ4v) is 2.07. The quantitative estimate of drug-likeness (QED) is 0.847. The monoisotopic (exact) mass is 278 g/mol. The smallest absolute Gasteiger partial charge is 0.372 e. The van der Waals surface area contributed by atoms with Crippen molar-refractivity contribution in [3.63, 3.8) is 0 Å². The number of carboxylic acid groups (broad SMARTS) is 1. The van der Waals surface area contributed by atoms with E-state index in [1.165, 1.54) is 0 Å². The second-order valence-electron chi connectivity index (χ2n) is 3.99. The van der Waals surface area contributed by atoms with Crippen molar-refractivity contribution < 1.29 is 19.1 Å². The van der Waals surface area contributed by atoms with Crippen molar-refractivity contribution >= 4 is 17.7 Å². The third-order valence-electron chi connectivity index (χ3n) is 2.60. The molecule has 0 aliphatic heterocycles. The number of aromatic carboxylic acids is 1. The van der Waals surface area contributed by atoms with Crippen LogP contribution in [0.2, 0.25) is 0 Å². The largest absolute Gasteiger partial charge is 0.486 e. The van der Waals surface area contributed by atoms with Crippen LogP contribution >= 0.6 is 11.8 Å². The van der Waals surface area contributed by atoms with Gasteiger partial charge in [-0.05, 0) is 43.5 Å². The molecule has 0 amide bonds. The molecule has 1 heterocycles. The lowest BCUT2D eigenvalue weighted by atomic mass is 10.3. The number of thioether (sulfide) groups is 1. The van der Waals surface area contributed by atoms with Crippen LogP contribution in [0.4, 0.5) is 0 Å². The zero-order chi connectivity index (χ0) is 13.8. The summed E-state index contributed by atoms with van der Waals surface area (Å²) in [6.45, 7) is 1.91. The zero-order valence-corrected chi connectivity index (χ0v) is 11.5. The van der Waals surface area contributed by atoms with Gasteiger partial charge in [-0.25, -0.2) is 4.79 Å². The van der Waals surface area contributed by atoms with Gasteiger partial charge in [-0.3, -0.25) is 0 Å². The first-order valence-corrected chi connectivity index (χ1v) is 6.92. The van der Waals surface area contributed by atoms with Gasteiger partial charge in [-0.1, -0.05) is 0 Å². The summed E-state index contributed by atoms with van der Waals surface area (Å²) in [5.41, 5.74) is 0.601. The average Bonchev–Trinajstić information content (AvgIpc) is 2.78. The number of benzene rings is 1. The Hall–Kier alpha value is -1.88. The number of hydrogen-bond donors (Lipinski definition) is 1. The maximum atomic E-state index is 10.8. The Morgan fingerprint density at radius 1 is 1.37 bits per heavy atom. The highest BCUT2D eigenvalue weighted by Gasteiger charge is 2.14. The van der Waals surface area contributed by atoms with Crippen molar-refractivity contribution in [3.05, 3.63) is 47.4 Å². The maximum Gasteiger partial charge on any atom is 0.372 e. The molecule has 0 atom stereocenters. The minimum atomic E-state index is -1.06. The average molecular weight is 278 g/mol. The molecule has 1 aromatic carbocycles. The molecule has 1 aromatic heterocycles. The third kappa shape index (κ3) is 3.32. The molecule has 0 saturated heterocycles. The van der Waals surface area contributed by atoms with Crippen LogP contribution in [0.5, 0.6) is 5.75 Å². The number of rotatable bonds is 5. The van der Waals surface area contributed by atoms with E-state index in [4.69, 9.17) is 14.3 Å². The Balaban J connectivity index is 2.01. The SMILES string of the molecule is CSc1ccc(OCc2cc(C)c(C(=O)O)o2)cc1. The Morgan fingerprint density at radius 2 is 2.05 bits per heavy atom. The number of hydrogen-bond acceptors (Lipinski definition) is 4. The molecule has 0 spiro atoms. The Bertz CT molecular complexity index is 572. The van der Waals surface area contributed by atoms with Crippen LogP contribution in [0.3, 0.4) is 0 Å². The summed E-state index contributed by atoms with van der Waals surface area (Å²) >= 11 is 1.66. The molecular formula is C14H14O4S. The van der Waals surface area contributed by atoms with Crippen LogP contribution in [-0.2, 0) is 6.61 Å². The van der Waals surface area contributed by atoms with Gasteiger partial charge in [0.2, 0.25) is 5.76 Å². The summed E-state index contributed by atoms with van der Waals surface area (Å²) in [6.07, 6.45) is 2.01. The highest BCUT2D eigenvalue weighted by molar-refractivity contribution is 7.98. The molecule has 1 N–H and O–H groups in total. The molecule has 0 unspecified atom stereocenters. The second-order valence-corrected chi connectivity index (χ2v) is 4.87. The molecule has 4 nitrogen and oxygen atoms in total. The van der Waals surface area contributed by atoms with Gasteiger partial charge < -0.3 is 14.3 Å². The molecule has 0 saturated carbocycles. The molecule has 19 heavy (non-hydrogen) atoms. The minimum Gasteiger partial charge on any atom is -0.486 e. The van der Waals surface area contributed by atoms with Gasteiger partial charge in [0.1, 0.15) is 18.1 Å². The Morgan fingerprint density at radius 3 is 2.58 bits per heavy atom. The van der Waals surface area contributed by atoms with Crippen molar-refractivity contribution in [1.29, 1.82) is 0 Å². The molecule has 0 bridgehead atoms. The lowest BCUT2D eigenvalue weighted by Gasteiger charge is -2.04. The molecule has 2 aromatic rings. The third-order valence-corrected chi connectivity index (χ3v) is 3.35. The van der Waals surface area contributed by atoms with Gasteiger partial charge in [-0.15, -0.1) is 11.8 Å². The van der Waals surface area contributed by atoms with Crippen molar-refractivity contribution in [2.75, 3.05) is 6.26 Å². The summed E-state index contributed by atoms with van der Waals surface area (Å²) in [5.74, 6) is 0.136. The molecule has 0 aliphatic rings. The van der Waals surface area contributed by atoms with Crippen LogP contribution in [0.1, 0.15) is 21.9 Å². The summed E-state index contributed by atoms with van der Waals surface area (Å²) in [6, 6.07) is 9.37. The zero-order valence-electron chi connectivity index (χ0n) is 10.7. The molecule has 0 fully saturated rings. The summed E-state index contributed by atoms with van der Waals surface area (Å²) < 4.78 is 10.8. The van der Waals surface area contributed by atoms with E-state index in [1.54, 1.807) is 24.8 Å². The minimum absolute atomic E-state index is 0.0312. The number of ether oxygens (including phenoxy) is 1. The normalized spacial score (nSPS) is 10.4. The van der Waals surface area contributed by atoms with E-state index < -0.39 is 5.97 Å². The molecule has 5 heteroatoms. The number of furan rings is 1. The Kier molecular flexibility index (Phi) is 4.16. The number of carboxylic acids is 1. The van der Waals surface area contributed by atoms with Crippen LogP contribution in [0.25, 0.3) is 0 Å². The molecule has 0 aliphatic carbocycles. The van der Waals surface area contributed by atoms with E-state index in [0.29, 0.717) is 11.3 Å². The fourth-order valence-electron chi connectivity index (χ4n) is 1.66. The lowest BCUT2D eigenvalue weighted by molar-refractivity contribution is 0.0657. The standard InChI is InChI=1S/C14H14O4S/c1-9-7-11(18-13(9)14(15)16)8-17-10-3-5-12(19-2)6-4-10/h3-7H,8H2,1-2H3,(H,15,16). The van der Waals surface area contributed by atoms with E-state index in [1.807, 2.05) is 30.5 Å². The lowest BCUT2D eigenvalue weighted by Crippen LogP contribution is -1.96. The van der Waals surface area contributed by atoms with E-state index in [2.05, 4.69) is 0 Å². The van der Waals surface area contributed by atoms with Crippen LogP contribution < -0.4 is 4.74 Å². The summed E-state index contributed by atoms with van der Waals surface area (Å²) in [7, 11) is 0.